The van der Waals surface area contributed by atoms with Crippen LogP contribution in [0.15, 0.2) is 0 Å². The van der Waals surface area contributed by atoms with Gasteiger partial charge in [-0.1, -0.05) is 125 Å². The third kappa shape index (κ3) is 40.7. The molecule has 0 aliphatic carbocycles. The second-order valence-electron chi connectivity index (χ2n) is 8.63. The van der Waals surface area contributed by atoms with E-state index in [1.165, 1.54) is 83.5 Å². The summed E-state index contributed by atoms with van der Waals surface area (Å²) in [6, 6.07) is 0. The fourth-order valence-electron chi connectivity index (χ4n) is 2.87. The molecule has 3 N–H and O–H groups in total. The third-order valence-corrected chi connectivity index (χ3v) is 5.00. The fourth-order valence-corrected chi connectivity index (χ4v) is 2.87. The van der Waals surface area contributed by atoms with Crippen molar-refractivity contribution in [2.75, 3.05) is 19.8 Å². The molecule has 0 unspecified atom stereocenters. The molecule has 31 heavy (non-hydrogen) atoms. The quantitative estimate of drug-likeness (QED) is 0.145. The lowest BCUT2D eigenvalue weighted by Crippen LogP contribution is -2.32. The van der Waals surface area contributed by atoms with E-state index in [0.717, 1.165) is 32.2 Å². The van der Waals surface area contributed by atoms with Gasteiger partial charge in [0.15, 0.2) is 0 Å². The van der Waals surface area contributed by atoms with Crippen molar-refractivity contribution in [1.29, 1.82) is 0 Å². The minimum atomic E-state index is -1.40. The Morgan fingerprint density at radius 3 is 1.10 bits per heavy atom. The highest BCUT2D eigenvalue weighted by Crippen LogP contribution is 2.11. The first kappa shape index (κ1) is 35.4. The number of ether oxygens (including phenoxy) is 2. The summed E-state index contributed by atoms with van der Waals surface area (Å²) in [5, 5.41) is 9.78. The van der Waals surface area contributed by atoms with E-state index >= 15 is 0 Å². The highest BCUT2D eigenvalue weighted by molar-refractivity contribution is 4.47. The highest BCUT2D eigenvalue weighted by atomic mass is 16.8. The minimum Gasteiger partial charge on any atom is -0.344 e. The first-order chi connectivity index (χ1) is 14.9. The van der Waals surface area contributed by atoms with Gasteiger partial charge in [0.1, 0.15) is 0 Å². The Hall–Kier alpha value is -0.160. The highest BCUT2D eigenvalue weighted by Gasteiger charge is 2.20. The molecule has 0 saturated carbocycles. The summed E-state index contributed by atoms with van der Waals surface area (Å²) >= 11 is 0. The molecule has 0 fully saturated rings. The van der Waals surface area contributed by atoms with Crippen molar-refractivity contribution in [2.24, 2.45) is 5.73 Å². The van der Waals surface area contributed by atoms with Crippen molar-refractivity contribution in [3.8, 4) is 0 Å². The summed E-state index contributed by atoms with van der Waals surface area (Å²) in [6.07, 6.45) is 21.3. The van der Waals surface area contributed by atoms with Gasteiger partial charge in [0.25, 0.3) is 5.97 Å². The maximum Gasteiger partial charge on any atom is 0.277 e. The lowest BCUT2D eigenvalue weighted by Gasteiger charge is -2.23. The van der Waals surface area contributed by atoms with Crippen LogP contribution in [0.4, 0.5) is 0 Å². The molecule has 0 bridgehead atoms. The molecule has 0 aromatic carbocycles. The smallest absolute Gasteiger partial charge is 0.277 e. The Bertz CT molecular complexity index is 252. The van der Waals surface area contributed by atoms with Gasteiger partial charge in [0, 0.05) is 6.92 Å². The molecule has 0 radical (unpaired) electrons. The van der Waals surface area contributed by atoms with Crippen LogP contribution < -0.4 is 5.73 Å². The molecular weight excluding hydrogens is 386 g/mol. The maximum absolute atomic E-state index is 9.78. The Balaban J connectivity index is -0.000000460. The van der Waals surface area contributed by atoms with E-state index in [1.807, 2.05) is 0 Å². The van der Waals surface area contributed by atoms with Crippen LogP contribution in [-0.4, -0.2) is 30.8 Å². The van der Waals surface area contributed by atoms with Crippen molar-refractivity contribution >= 4 is 0 Å². The zero-order valence-electron chi connectivity index (χ0n) is 22.5. The van der Waals surface area contributed by atoms with Gasteiger partial charge in [-0.15, -0.1) is 0 Å². The fraction of sp³-hybridized carbons (Fsp3) is 1.00. The average Bonchev–Trinajstić information content (AvgIpc) is 2.75. The molecule has 0 aromatic heterocycles. The lowest BCUT2D eigenvalue weighted by atomic mass is 10.2. The third-order valence-electron chi connectivity index (χ3n) is 5.00. The summed E-state index contributed by atoms with van der Waals surface area (Å²) in [5.41, 5.74) is 5.27. The summed E-state index contributed by atoms with van der Waals surface area (Å²) in [7, 11) is 0. The normalized spacial score (nSPS) is 10.8. The molecule has 0 aliphatic heterocycles. The van der Waals surface area contributed by atoms with Crippen LogP contribution in [0.3, 0.4) is 0 Å². The van der Waals surface area contributed by atoms with Gasteiger partial charge in [0.05, 0.1) is 13.2 Å². The molecule has 192 valence electrons. The summed E-state index contributed by atoms with van der Waals surface area (Å²) in [4.78, 5) is 0. The van der Waals surface area contributed by atoms with Gasteiger partial charge >= 0.3 is 0 Å². The van der Waals surface area contributed by atoms with Crippen LogP contribution in [0, 0.1) is 0 Å². The number of hydrogen-bond donors (Lipinski definition) is 2. The van der Waals surface area contributed by atoms with E-state index in [-0.39, 0.29) is 0 Å². The van der Waals surface area contributed by atoms with Gasteiger partial charge in [-0.25, -0.2) is 0 Å². The van der Waals surface area contributed by atoms with Crippen molar-refractivity contribution in [2.45, 2.75) is 157 Å². The Morgan fingerprint density at radius 1 is 0.516 bits per heavy atom. The number of aliphatic hydroxyl groups is 1. The van der Waals surface area contributed by atoms with Gasteiger partial charge in [-0.05, 0) is 25.8 Å². The molecule has 0 spiro atoms. The number of rotatable bonds is 20. The topological polar surface area (TPSA) is 64.7 Å². The summed E-state index contributed by atoms with van der Waals surface area (Å²) < 4.78 is 10.6. The van der Waals surface area contributed by atoms with E-state index in [9.17, 15) is 5.11 Å². The van der Waals surface area contributed by atoms with E-state index < -0.39 is 5.97 Å². The second-order valence-corrected chi connectivity index (χ2v) is 8.63. The summed E-state index contributed by atoms with van der Waals surface area (Å²) in [5.74, 6) is -1.40. The van der Waals surface area contributed by atoms with Crippen molar-refractivity contribution in [3.05, 3.63) is 0 Å². The molecule has 0 aromatic rings. The molecule has 0 rings (SSSR count). The lowest BCUT2D eigenvalue weighted by molar-refractivity contribution is -0.349. The van der Waals surface area contributed by atoms with Crippen LogP contribution >= 0.6 is 0 Å². The standard InChI is InChI=1S/C14H30O3.C7H16.C6H15N/c1-4-6-8-10-12-16-14(3,15)17-13-11-9-7-5-2;1-3-5-7-6-4-2;1-2-3-4-5-6-7/h15H,4-13H2,1-3H3;3-7H2,1-2H3;2-7H2,1H3. The Labute approximate surface area is 197 Å². The van der Waals surface area contributed by atoms with Gasteiger partial charge in [-0.3, -0.25) is 0 Å². The predicted octanol–water partition coefficient (Wildman–Crippen LogP) is 8.35. The van der Waals surface area contributed by atoms with E-state index in [1.54, 1.807) is 6.92 Å². The Kier molecular flexibility index (Phi) is 36.6. The molecule has 0 amide bonds. The largest absolute Gasteiger partial charge is 0.344 e. The number of hydrogen-bond acceptors (Lipinski definition) is 4. The molecule has 4 heteroatoms. The maximum atomic E-state index is 9.78. The van der Waals surface area contributed by atoms with Crippen LogP contribution in [0.2, 0.25) is 0 Å². The van der Waals surface area contributed by atoms with E-state index in [2.05, 4.69) is 34.6 Å². The van der Waals surface area contributed by atoms with Crippen molar-refractivity contribution < 1.29 is 14.6 Å². The number of unbranched alkanes of at least 4 members (excludes halogenated alkanes) is 13. The zero-order chi connectivity index (χ0) is 24.1. The molecule has 0 atom stereocenters. The molecule has 0 heterocycles. The zero-order valence-corrected chi connectivity index (χ0v) is 22.5. The number of nitrogens with two attached hydrogens (primary N) is 1. The molecular formula is C27H61NO3. The van der Waals surface area contributed by atoms with Crippen LogP contribution in [0.25, 0.3) is 0 Å². The first-order valence-corrected chi connectivity index (χ1v) is 13.7. The van der Waals surface area contributed by atoms with Crippen molar-refractivity contribution in [3.63, 3.8) is 0 Å². The molecule has 0 saturated heterocycles. The van der Waals surface area contributed by atoms with E-state index in [0.29, 0.717) is 13.2 Å². The van der Waals surface area contributed by atoms with Gasteiger partial charge in [-0.2, -0.15) is 0 Å². The van der Waals surface area contributed by atoms with Crippen molar-refractivity contribution in [1.82, 2.24) is 0 Å². The van der Waals surface area contributed by atoms with Crippen LogP contribution in [0.1, 0.15) is 151 Å². The second kappa shape index (κ2) is 32.0. The first-order valence-electron chi connectivity index (χ1n) is 13.7. The van der Waals surface area contributed by atoms with E-state index in [4.69, 9.17) is 15.2 Å². The predicted molar refractivity (Wildman–Crippen MR) is 138 cm³/mol. The minimum absolute atomic E-state index is 0.571. The SMILES string of the molecule is CCCCCCC.CCCCCCN.CCCCCCOC(C)(O)OCCCCCC. The van der Waals surface area contributed by atoms with Crippen LogP contribution in [0.5, 0.6) is 0 Å². The van der Waals surface area contributed by atoms with Gasteiger partial charge < -0.3 is 20.3 Å². The monoisotopic (exact) mass is 447 g/mol. The summed E-state index contributed by atoms with van der Waals surface area (Å²) in [6.45, 7) is 14.6. The Morgan fingerprint density at radius 2 is 0.806 bits per heavy atom. The van der Waals surface area contributed by atoms with Crippen LogP contribution in [-0.2, 0) is 9.47 Å². The van der Waals surface area contributed by atoms with Gasteiger partial charge in [0.2, 0.25) is 0 Å². The average molecular weight is 448 g/mol. The molecule has 4 nitrogen and oxygen atoms in total. The molecule has 0 aliphatic rings.